The number of nitrogens with zero attached hydrogens (tertiary/aromatic N) is 1. The molecule has 0 atom stereocenters. The molecule has 0 unspecified atom stereocenters. The van der Waals surface area contributed by atoms with Gasteiger partial charge in [0.1, 0.15) is 6.29 Å². The number of hydrogen-bond acceptors (Lipinski definition) is 2. The summed E-state index contributed by atoms with van der Waals surface area (Å²) in [6.45, 7) is 3.01. The van der Waals surface area contributed by atoms with Crippen LogP contribution in [0.25, 0.3) is 0 Å². The van der Waals surface area contributed by atoms with E-state index in [-0.39, 0.29) is 5.91 Å². The molecule has 0 fully saturated rings. The summed E-state index contributed by atoms with van der Waals surface area (Å²) in [6, 6.07) is 9.86. The number of rotatable bonds is 7. The first-order valence-electron chi connectivity index (χ1n) is 6.33. The van der Waals surface area contributed by atoms with Crippen LogP contribution in [-0.4, -0.2) is 23.6 Å². The van der Waals surface area contributed by atoms with Gasteiger partial charge in [0.05, 0.1) is 0 Å². The maximum atomic E-state index is 12.0. The van der Waals surface area contributed by atoms with Gasteiger partial charge in [-0.15, -0.1) is 0 Å². The maximum Gasteiger partial charge on any atom is 0.246 e. The smallest absolute Gasteiger partial charge is 0.246 e. The molecule has 0 bridgehead atoms. The van der Waals surface area contributed by atoms with E-state index in [1.165, 1.54) is 6.08 Å². The number of aldehydes is 1. The van der Waals surface area contributed by atoms with Crippen LogP contribution in [0.3, 0.4) is 0 Å². The Kier molecular flexibility index (Phi) is 6.95. The van der Waals surface area contributed by atoms with Crippen molar-refractivity contribution in [2.24, 2.45) is 0 Å². The van der Waals surface area contributed by atoms with Crippen LogP contribution in [0.4, 0.5) is 0 Å². The van der Waals surface area contributed by atoms with Gasteiger partial charge in [0, 0.05) is 13.1 Å². The van der Waals surface area contributed by atoms with Crippen molar-refractivity contribution in [3.63, 3.8) is 0 Å². The fourth-order valence-corrected chi connectivity index (χ4v) is 1.70. The van der Waals surface area contributed by atoms with Crippen molar-refractivity contribution in [1.82, 2.24) is 4.90 Å². The van der Waals surface area contributed by atoms with Crippen LogP contribution >= 0.6 is 0 Å². The predicted octanol–water partition coefficient (Wildman–Crippen LogP) is 2.74. The average molecular weight is 257 g/mol. The molecule has 1 amide bonds. The molecule has 0 saturated heterocycles. The Morgan fingerprint density at radius 2 is 2.00 bits per heavy atom. The standard InChI is InChI=1S/C16H19NO2/c1-2-9-16(19)17(12-7-4-8-13-18)14-15-10-5-3-6-11-15/h2-6,8-11,13H,7,12,14H2,1H3/b8-4-,9-2+. The quantitative estimate of drug-likeness (QED) is 0.556. The molecule has 1 aromatic carbocycles. The molecule has 1 rings (SSSR count). The molecule has 1 aromatic rings. The van der Waals surface area contributed by atoms with E-state index in [4.69, 9.17) is 0 Å². The van der Waals surface area contributed by atoms with Crippen LogP contribution in [0.1, 0.15) is 18.9 Å². The summed E-state index contributed by atoms with van der Waals surface area (Å²) in [5.74, 6) is -0.00847. The van der Waals surface area contributed by atoms with Crippen molar-refractivity contribution in [2.45, 2.75) is 19.9 Å². The van der Waals surface area contributed by atoms with E-state index in [1.807, 2.05) is 37.3 Å². The third kappa shape index (κ3) is 5.82. The number of benzene rings is 1. The van der Waals surface area contributed by atoms with Crippen molar-refractivity contribution < 1.29 is 9.59 Å². The maximum absolute atomic E-state index is 12.0. The van der Waals surface area contributed by atoms with E-state index in [1.54, 1.807) is 23.1 Å². The SMILES string of the molecule is C/C=C/C(=O)N(CC/C=C\C=O)Cc1ccccc1. The Hall–Kier alpha value is -2.16. The second-order valence-electron chi connectivity index (χ2n) is 4.10. The molecule has 3 heteroatoms. The summed E-state index contributed by atoms with van der Waals surface area (Å²) < 4.78 is 0. The minimum atomic E-state index is -0.00847. The van der Waals surface area contributed by atoms with Gasteiger partial charge in [-0.3, -0.25) is 9.59 Å². The van der Waals surface area contributed by atoms with E-state index in [0.29, 0.717) is 19.5 Å². The Bertz CT molecular complexity index is 449. The highest BCUT2D eigenvalue weighted by atomic mass is 16.2. The van der Waals surface area contributed by atoms with Gasteiger partial charge >= 0.3 is 0 Å². The van der Waals surface area contributed by atoms with Gasteiger partial charge in [-0.1, -0.05) is 42.5 Å². The minimum Gasteiger partial charge on any atom is -0.335 e. The van der Waals surface area contributed by atoms with Crippen LogP contribution in [-0.2, 0) is 16.1 Å². The van der Waals surface area contributed by atoms with E-state index in [0.717, 1.165) is 11.8 Å². The molecule has 3 nitrogen and oxygen atoms in total. The third-order valence-corrected chi connectivity index (χ3v) is 2.62. The summed E-state index contributed by atoms with van der Waals surface area (Å²) >= 11 is 0. The van der Waals surface area contributed by atoms with E-state index < -0.39 is 0 Å². The van der Waals surface area contributed by atoms with Gasteiger partial charge in [0.2, 0.25) is 5.91 Å². The zero-order chi connectivity index (χ0) is 13.9. The molecule has 0 spiro atoms. The molecule has 100 valence electrons. The molecule has 0 N–H and O–H groups in total. The lowest BCUT2D eigenvalue weighted by atomic mass is 10.2. The van der Waals surface area contributed by atoms with Crippen molar-refractivity contribution in [1.29, 1.82) is 0 Å². The van der Waals surface area contributed by atoms with Crippen LogP contribution in [0, 0.1) is 0 Å². The topological polar surface area (TPSA) is 37.4 Å². The number of hydrogen-bond donors (Lipinski definition) is 0. The highest BCUT2D eigenvalue weighted by molar-refractivity contribution is 5.87. The summed E-state index contributed by atoms with van der Waals surface area (Å²) in [7, 11) is 0. The lowest BCUT2D eigenvalue weighted by molar-refractivity contribution is -0.126. The van der Waals surface area contributed by atoms with Crippen LogP contribution in [0.5, 0.6) is 0 Å². The Labute approximate surface area is 114 Å². The summed E-state index contributed by atoms with van der Waals surface area (Å²) in [5, 5.41) is 0. The molecule has 0 aliphatic heterocycles. The van der Waals surface area contributed by atoms with Crippen LogP contribution in [0.15, 0.2) is 54.6 Å². The van der Waals surface area contributed by atoms with Crippen molar-refractivity contribution >= 4 is 12.2 Å². The molecule has 0 aliphatic carbocycles. The Morgan fingerprint density at radius 3 is 2.63 bits per heavy atom. The normalized spacial score (nSPS) is 11.0. The van der Waals surface area contributed by atoms with E-state index in [9.17, 15) is 9.59 Å². The predicted molar refractivity (Wildman–Crippen MR) is 76.5 cm³/mol. The molecular formula is C16H19NO2. The molecule has 0 aliphatic rings. The zero-order valence-electron chi connectivity index (χ0n) is 11.2. The molecule has 0 heterocycles. The Morgan fingerprint density at radius 1 is 1.26 bits per heavy atom. The molecule has 0 saturated carbocycles. The van der Waals surface area contributed by atoms with Gasteiger partial charge < -0.3 is 4.90 Å². The summed E-state index contributed by atoms with van der Waals surface area (Å²) in [4.78, 5) is 23.9. The van der Waals surface area contributed by atoms with Crippen molar-refractivity contribution in [3.8, 4) is 0 Å². The second kappa shape index (κ2) is 8.86. The van der Waals surface area contributed by atoms with Gasteiger partial charge in [0.25, 0.3) is 0 Å². The second-order valence-corrected chi connectivity index (χ2v) is 4.10. The van der Waals surface area contributed by atoms with Crippen molar-refractivity contribution in [3.05, 3.63) is 60.2 Å². The van der Waals surface area contributed by atoms with Gasteiger partial charge in [0.15, 0.2) is 0 Å². The molecule has 0 aromatic heterocycles. The third-order valence-electron chi connectivity index (χ3n) is 2.62. The monoisotopic (exact) mass is 257 g/mol. The zero-order valence-corrected chi connectivity index (χ0v) is 11.2. The lowest BCUT2D eigenvalue weighted by Gasteiger charge is -2.20. The van der Waals surface area contributed by atoms with Gasteiger partial charge in [-0.2, -0.15) is 0 Å². The fraction of sp³-hybridized carbons (Fsp3) is 0.250. The molecule has 19 heavy (non-hydrogen) atoms. The summed E-state index contributed by atoms with van der Waals surface area (Å²) in [6.07, 6.45) is 7.95. The average Bonchev–Trinajstić information content (AvgIpc) is 2.43. The van der Waals surface area contributed by atoms with Crippen LogP contribution in [0.2, 0.25) is 0 Å². The number of carbonyl (C=O) groups excluding carboxylic acids is 2. The fourth-order valence-electron chi connectivity index (χ4n) is 1.70. The highest BCUT2D eigenvalue weighted by Gasteiger charge is 2.09. The highest BCUT2D eigenvalue weighted by Crippen LogP contribution is 2.06. The first-order valence-corrected chi connectivity index (χ1v) is 6.33. The van der Waals surface area contributed by atoms with Gasteiger partial charge in [-0.25, -0.2) is 0 Å². The van der Waals surface area contributed by atoms with E-state index in [2.05, 4.69) is 0 Å². The number of amides is 1. The number of allylic oxidation sites excluding steroid dienone is 2. The van der Waals surface area contributed by atoms with Crippen molar-refractivity contribution in [2.75, 3.05) is 6.54 Å². The van der Waals surface area contributed by atoms with Crippen LogP contribution < -0.4 is 0 Å². The Balaban J connectivity index is 2.66. The first-order chi connectivity index (χ1) is 9.27. The molecule has 0 radical (unpaired) electrons. The van der Waals surface area contributed by atoms with E-state index >= 15 is 0 Å². The number of carbonyl (C=O) groups is 2. The lowest BCUT2D eigenvalue weighted by Crippen LogP contribution is -2.29. The largest absolute Gasteiger partial charge is 0.335 e. The molecular weight excluding hydrogens is 238 g/mol. The first kappa shape index (κ1) is 14.9. The van der Waals surface area contributed by atoms with Gasteiger partial charge in [-0.05, 0) is 31.1 Å². The minimum absolute atomic E-state index is 0.00847. The summed E-state index contributed by atoms with van der Waals surface area (Å²) in [5.41, 5.74) is 1.10.